The van der Waals surface area contributed by atoms with E-state index < -0.39 is 18.5 Å². The normalized spacial score (nSPS) is 15.3. The largest absolute Gasteiger partial charge is 0.433 e. The number of rotatable bonds is 4. The fraction of sp³-hybridized carbons (Fsp3) is 0.368. The van der Waals surface area contributed by atoms with Crippen LogP contribution in [0.1, 0.15) is 22.4 Å². The molecule has 1 fully saturated rings. The lowest BCUT2D eigenvalue weighted by Crippen LogP contribution is -2.40. The van der Waals surface area contributed by atoms with E-state index in [2.05, 4.69) is 4.98 Å². The fourth-order valence-electron chi connectivity index (χ4n) is 2.99. The maximum atomic E-state index is 13.1. The predicted octanol–water partition coefficient (Wildman–Crippen LogP) is 2.93. The molecule has 0 bridgehead atoms. The lowest BCUT2D eigenvalue weighted by Gasteiger charge is -2.26. The minimum absolute atomic E-state index is 0.0609. The summed E-state index contributed by atoms with van der Waals surface area (Å²) in [7, 11) is 0. The first-order valence-electron chi connectivity index (χ1n) is 8.43. The number of amides is 1. The maximum Gasteiger partial charge on any atom is 0.433 e. The molecule has 2 aromatic rings. The molecular formula is C19H19F3N2O3. The maximum absolute atomic E-state index is 13.1. The molecule has 144 valence electrons. The zero-order valence-corrected chi connectivity index (χ0v) is 14.7. The number of hydrogen-bond acceptors (Lipinski definition) is 4. The molecular weight excluding hydrogens is 361 g/mol. The number of ether oxygens (including phenoxy) is 1. The highest BCUT2D eigenvalue weighted by Gasteiger charge is 2.33. The summed E-state index contributed by atoms with van der Waals surface area (Å²) in [5.74, 6) is -0.0944. The summed E-state index contributed by atoms with van der Waals surface area (Å²) < 4.78 is 44.4. The Morgan fingerprint density at radius 1 is 1.26 bits per heavy atom. The summed E-state index contributed by atoms with van der Waals surface area (Å²) in [6, 6.07) is 7.74. The second-order valence-corrected chi connectivity index (χ2v) is 6.37. The zero-order valence-electron chi connectivity index (χ0n) is 14.7. The van der Waals surface area contributed by atoms with Crippen molar-refractivity contribution in [3.8, 4) is 11.3 Å². The molecule has 3 rings (SSSR count). The van der Waals surface area contributed by atoms with Gasteiger partial charge in [0.15, 0.2) is 0 Å². The van der Waals surface area contributed by atoms with Gasteiger partial charge in [-0.1, -0.05) is 24.3 Å². The standard InChI is InChI=1S/C19H19F3N2O3/c1-12-8-16(19(20,21)22)23-18(15(12)10-25)14-4-2-13(3-5-14)9-24-6-7-27-11-17(24)26/h2-5,8,25H,6-7,9-11H2,1H3. The Kier molecular flexibility index (Phi) is 5.48. The molecule has 2 heterocycles. The van der Waals surface area contributed by atoms with Crippen LogP contribution in [0, 0.1) is 6.92 Å². The highest BCUT2D eigenvalue weighted by atomic mass is 19.4. The summed E-state index contributed by atoms with van der Waals surface area (Å²) >= 11 is 0. The van der Waals surface area contributed by atoms with Crippen molar-refractivity contribution in [2.45, 2.75) is 26.3 Å². The van der Waals surface area contributed by atoms with Gasteiger partial charge in [-0.2, -0.15) is 13.2 Å². The molecule has 0 saturated carbocycles. The van der Waals surface area contributed by atoms with Gasteiger partial charge < -0.3 is 14.7 Å². The van der Waals surface area contributed by atoms with E-state index in [1.165, 1.54) is 6.92 Å². The molecule has 27 heavy (non-hydrogen) atoms. The van der Waals surface area contributed by atoms with E-state index in [1.807, 2.05) is 0 Å². The zero-order chi connectivity index (χ0) is 19.6. The van der Waals surface area contributed by atoms with E-state index in [9.17, 15) is 23.1 Å². The number of alkyl halides is 3. The van der Waals surface area contributed by atoms with Gasteiger partial charge in [-0.25, -0.2) is 4.98 Å². The fourth-order valence-corrected chi connectivity index (χ4v) is 2.99. The van der Waals surface area contributed by atoms with Gasteiger partial charge in [0.1, 0.15) is 12.3 Å². The van der Waals surface area contributed by atoms with Gasteiger partial charge in [-0.15, -0.1) is 0 Å². The second-order valence-electron chi connectivity index (χ2n) is 6.37. The smallest absolute Gasteiger partial charge is 0.392 e. The number of benzene rings is 1. The van der Waals surface area contributed by atoms with Crippen LogP contribution in [-0.4, -0.2) is 40.7 Å². The highest BCUT2D eigenvalue weighted by Crippen LogP contribution is 2.33. The summed E-state index contributed by atoms with van der Waals surface area (Å²) in [6.45, 7) is 2.57. The van der Waals surface area contributed by atoms with Gasteiger partial charge in [0.2, 0.25) is 5.91 Å². The molecule has 0 aliphatic carbocycles. The minimum Gasteiger partial charge on any atom is -0.392 e. The van der Waals surface area contributed by atoms with Gasteiger partial charge in [-0.3, -0.25) is 4.79 Å². The van der Waals surface area contributed by atoms with Crippen molar-refractivity contribution in [1.29, 1.82) is 0 Å². The summed E-state index contributed by atoms with van der Waals surface area (Å²) in [5, 5.41) is 9.58. The highest BCUT2D eigenvalue weighted by molar-refractivity contribution is 5.78. The number of halogens is 3. The molecule has 0 radical (unpaired) electrons. The number of aryl methyl sites for hydroxylation is 1. The van der Waals surface area contributed by atoms with Crippen LogP contribution in [-0.2, 0) is 28.9 Å². The Labute approximate surface area is 154 Å². The van der Waals surface area contributed by atoms with Crippen molar-refractivity contribution in [1.82, 2.24) is 9.88 Å². The lowest BCUT2D eigenvalue weighted by atomic mass is 10.00. The van der Waals surface area contributed by atoms with Gasteiger partial charge in [0.05, 0.1) is 18.9 Å². The molecule has 1 aliphatic heterocycles. The van der Waals surface area contributed by atoms with Crippen LogP contribution in [0.3, 0.4) is 0 Å². The van der Waals surface area contributed by atoms with Crippen LogP contribution >= 0.6 is 0 Å². The molecule has 5 nitrogen and oxygen atoms in total. The first kappa shape index (κ1) is 19.3. The molecule has 1 aliphatic rings. The first-order chi connectivity index (χ1) is 12.8. The Hall–Kier alpha value is -2.45. The number of aliphatic hydroxyl groups is 1. The quantitative estimate of drug-likeness (QED) is 0.886. The molecule has 8 heteroatoms. The van der Waals surface area contributed by atoms with Crippen LogP contribution in [0.15, 0.2) is 30.3 Å². The van der Waals surface area contributed by atoms with Crippen molar-refractivity contribution in [2.75, 3.05) is 19.8 Å². The summed E-state index contributed by atoms with van der Waals surface area (Å²) in [6.07, 6.45) is -4.57. The SMILES string of the molecule is Cc1cc(C(F)(F)F)nc(-c2ccc(CN3CCOCC3=O)cc2)c1CO. The van der Waals surface area contributed by atoms with Gasteiger partial charge >= 0.3 is 6.18 Å². The van der Waals surface area contributed by atoms with Crippen molar-refractivity contribution < 1.29 is 27.8 Å². The third-order valence-corrected chi connectivity index (χ3v) is 4.48. The van der Waals surface area contributed by atoms with Crippen LogP contribution in [0.4, 0.5) is 13.2 Å². The van der Waals surface area contributed by atoms with Crippen LogP contribution in [0.25, 0.3) is 11.3 Å². The third kappa shape index (κ3) is 4.28. The summed E-state index contributed by atoms with van der Waals surface area (Å²) in [5.41, 5.74) is 1.14. The molecule has 0 atom stereocenters. The van der Waals surface area contributed by atoms with E-state index >= 15 is 0 Å². The number of morpholine rings is 1. The minimum atomic E-state index is -4.57. The Morgan fingerprint density at radius 3 is 2.56 bits per heavy atom. The van der Waals surface area contributed by atoms with Gasteiger partial charge in [0, 0.05) is 24.2 Å². The molecule has 1 saturated heterocycles. The van der Waals surface area contributed by atoms with Gasteiger partial charge in [0.25, 0.3) is 0 Å². The Balaban J connectivity index is 1.90. The van der Waals surface area contributed by atoms with E-state index in [-0.39, 0.29) is 18.2 Å². The van der Waals surface area contributed by atoms with Crippen LogP contribution in [0.2, 0.25) is 0 Å². The van der Waals surface area contributed by atoms with Crippen LogP contribution < -0.4 is 0 Å². The predicted molar refractivity (Wildman–Crippen MR) is 91.6 cm³/mol. The number of carbonyl (C=O) groups excluding carboxylic acids is 1. The first-order valence-corrected chi connectivity index (χ1v) is 8.43. The molecule has 0 unspecified atom stereocenters. The Bertz CT molecular complexity index is 835. The van der Waals surface area contributed by atoms with E-state index in [4.69, 9.17) is 4.74 Å². The number of carbonyl (C=O) groups is 1. The van der Waals surface area contributed by atoms with Crippen molar-refractivity contribution in [3.05, 3.63) is 52.7 Å². The number of pyridine rings is 1. The van der Waals surface area contributed by atoms with E-state index in [0.29, 0.717) is 36.4 Å². The average molecular weight is 380 g/mol. The van der Waals surface area contributed by atoms with E-state index in [1.54, 1.807) is 29.2 Å². The van der Waals surface area contributed by atoms with E-state index in [0.717, 1.165) is 11.6 Å². The number of aliphatic hydroxyl groups excluding tert-OH is 1. The number of aromatic nitrogens is 1. The Morgan fingerprint density at radius 2 is 1.96 bits per heavy atom. The molecule has 1 N–H and O–H groups in total. The molecule has 1 aromatic heterocycles. The molecule has 0 spiro atoms. The van der Waals surface area contributed by atoms with Crippen molar-refractivity contribution in [2.24, 2.45) is 0 Å². The van der Waals surface area contributed by atoms with Gasteiger partial charge in [-0.05, 0) is 24.1 Å². The lowest BCUT2D eigenvalue weighted by molar-refractivity contribution is -0.143. The van der Waals surface area contributed by atoms with Crippen molar-refractivity contribution >= 4 is 5.91 Å². The topological polar surface area (TPSA) is 62.7 Å². The number of hydrogen-bond donors (Lipinski definition) is 1. The number of nitrogens with zero attached hydrogens (tertiary/aromatic N) is 2. The average Bonchev–Trinajstić information content (AvgIpc) is 2.63. The monoisotopic (exact) mass is 380 g/mol. The summed E-state index contributed by atoms with van der Waals surface area (Å²) in [4.78, 5) is 17.2. The van der Waals surface area contributed by atoms with Crippen molar-refractivity contribution in [3.63, 3.8) is 0 Å². The molecule has 1 amide bonds. The molecule has 1 aromatic carbocycles. The second kappa shape index (κ2) is 7.66. The third-order valence-electron chi connectivity index (χ3n) is 4.48. The van der Waals surface area contributed by atoms with Crippen LogP contribution in [0.5, 0.6) is 0 Å².